The molecular weight excluding hydrogens is 453 g/mol. The van der Waals surface area contributed by atoms with Crippen LogP contribution in [0.1, 0.15) is 11.1 Å². The molecule has 0 heterocycles. The van der Waals surface area contributed by atoms with Crippen molar-refractivity contribution in [1.29, 1.82) is 0 Å². The summed E-state index contributed by atoms with van der Waals surface area (Å²) >= 11 is 12.2. The van der Waals surface area contributed by atoms with Crippen LogP contribution in [0.2, 0.25) is 10.0 Å². The third kappa shape index (κ3) is 6.33. The Morgan fingerprint density at radius 2 is 1.87 bits per heavy atom. The number of nitrogens with two attached hydrogens (primary N) is 1. The number of nitrogens with zero attached hydrogens (tertiary/aromatic N) is 2. The van der Waals surface area contributed by atoms with E-state index in [1.165, 1.54) is 25.3 Å². The quantitative estimate of drug-likeness (QED) is 0.427. The molecule has 2 aromatic rings. The Hall–Kier alpha value is -2.33. The van der Waals surface area contributed by atoms with Crippen molar-refractivity contribution in [2.24, 2.45) is 10.9 Å². The van der Waals surface area contributed by atoms with Gasteiger partial charge in [0.05, 0.1) is 17.8 Å². The summed E-state index contributed by atoms with van der Waals surface area (Å²) in [5.41, 5.74) is 6.71. The summed E-state index contributed by atoms with van der Waals surface area (Å²) in [6, 6.07) is 9.43. The number of primary amides is 1. The Morgan fingerprint density at radius 1 is 1.23 bits per heavy atom. The van der Waals surface area contributed by atoms with E-state index in [-0.39, 0.29) is 29.4 Å². The molecule has 2 rings (SSSR count). The highest BCUT2D eigenvalue weighted by atomic mass is 35.5. The lowest BCUT2D eigenvalue weighted by Crippen LogP contribution is -2.50. The summed E-state index contributed by atoms with van der Waals surface area (Å²) in [6.45, 7) is -0.320. The number of amides is 1. The molecule has 0 fully saturated rings. The number of aromatic hydroxyl groups is 1. The van der Waals surface area contributed by atoms with Crippen LogP contribution in [0.4, 0.5) is 0 Å². The fraction of sp³-hybridized carbons (Fsp3) is 0.263. The van der Waals surface area contributed by atoms with Crippen molar-refractivity contribution >= 4 is 44.8 Å². The summed E-state index contributed by atoms with van der Waals surface area (Å²) < 4.78 is 26.1. The average Bonchev–Trinajstić information content (AvgIpc) is 2.64. The molecule has 0 bridgehead atoms. The number of oxime groups is 1. The normalized spacial score (nSPS) is 13.3. The second-order valence-corrected chi connectivity index (χ2v) is 9.22. The molecule has 0 spiro atoms. The summed E-state index contributed by atoms with van der Waals surface area (Å²) in [4.78, 5) is 17.1. The van der Waals surface area contributed by atoms with Gasteiger partial charge in [0.15, 0.2) is 0 Å². The monoisotopic (exact) mass is 473 g/mol. The predicted molar refractivity (Wildman–Crippen MR) is 116 cm³/mol. The lowest BCUT2D eigenvalue weighted by Gasteiger charge is -2.28. The van der Waals surface area contributed by atoms with Gasteiger partial charge in [0.2, 0.25) is 15.9 Å². The van der Waals surface area contributed by atoms with Gasteiger partial charge in [-0.3, -0.25) is 4.79 Å². The van der Waals surface area contributed by atoms with E-state index < -0.39 is 22.0 Å². The molecule has 11 heteroatoms. The Kier molecular flexibility index (Phi) is 8.08. The number of phenolic OH excluding ortho intramolecular Hbond substituents is 1. The number of carbonyl (C=O) groups excluding carboxylic acids is 1. The molecule has 1 atom stereocenters. The SMILES string of the molecule is CO/N=C(/CN(C(Cc1ccc(O)cc1)C(N)=O)S(C)(=O)=O)c1ccc(Cl)cc1Cl. The molecule has 0 aliphatic heterocycles. The molecule has 0 aliphatic carbocycles. The van der Waals surface area contributed by atoms with Gasteiger partial charge in [0, 0.05) is 10.6 Å². The number of halogens is 2. The standard InChI is InChI=1S/C19H21Cl2N3O5S/c1-29-23-17(15-8-5-13(20)10-16(15)21)11-24(30(2,27)28)18(19(22)26)9-12-3-6-14(25)7-4-12/h3-8,10,18,25H,9,11H2,1-2H3,(H2,22,26)/b23-17-. The summed E-state index contributed by atoms with van der Waals surface area (Å²) in [7, 11) is -2.60. The van der Waals surface area contributed by atoms with Gasteiger partial charge in [0.1, 0.15) is 24.6 Å². The predicted octanol–water partition coefficient (Wildman–Crippen LogP) is 2.41. The molecule has 1 unspecified atom stereocenters. The van der Waals surface area contributed by atoms with Gasteiger partial charge < -0.3 is 15.7 Å². The van der Waals surface area contributed by atoms with E-state index in [1.807, 2.05) is 0 Å². The van der Waals surface area contributed by atoms with Crippen molar-refractivity contribution in [3.8, 4) is 5.75 Å². The molecule has 2 aromatic carbocycles. The molecule has 8 nitrogen and oxygen atoms in total. The van der Waals surface area contributed by atoms with Crippen LogP contribution in [0, 0.1) is 0 Å². The van der Waals surface area contributed by atoms with Gasteiger partial charge in [-0.25, -0.2) is 8.42 Å². The smallest absolute Gasteiger partial charge is 0.236 e. The van der Waals surface area contributed by atoms with E-state index in [2.05, 4.69) is 5.16 Å². The second kappa shape index (κ2) is 10.1. The molecule has 0 aliphatic rings. The minimum Gasteiger partial charge on any atom is -0.508 e. The lowest BCUT2D eigenvalue weighted by molar-refractivity contribution is -0.121. The van der Waals surface area contributed by atoms with Crippen LogP contribution in [0.5, 0.6) is 5.75 Å². The molecule has 0 saturated carbocycles. The molecule has 1 amide bonds. The van der Waals surface area contributed by atoms with Gasteiger partial charge in [-0.1, -0.05) is 40.5 Å². The van der Waals surface area contributed by atoms with Crippen molar-refractivity contribution < 1.29 is 23.2 Å². The van der Waals surface area contributed by atoms with Gasteiger partial charge in [-0.15, -0.1) is 0 Å². The van der Waals surface area contributed by atoms with Gasteiger partial charge in [-0.2, -0.15) is 4.31 Å². The van der Waals surface area contributed by atoms with Crippen LogP contribution >= 0.6 is 23.2 Å². The van der Waals surface area contributed by atoms with Gasteiger partial charge in [-0.05, 0) is 42.3 Å². The fourth-order valence-corrected chi connectivity index (χ4v) is 4.32. The first-order valence-electron chi connectivity index (χ1n) is 8.62. The Bertz CT molecular complexity index is 1040. The van der Waals surface area contributed by atoms with E-state index in [0.717, 1.165) is 10.6 Å². The molecule has 0 saturated heterocycles. The summed E-state index contributed by atoms with van der Waals surface area (Å²) in [6.07, 6.45) is 0.963. The van der Waals surface area contributed by atoms with Crippen LogP contribution in [0.3, 0.4) is 0 Å². The zero-order valence-electron chi connectivity index (χ0n) is 16.2. The maximum absolute atomic E-state index is 12.6. The van der Waals surface area contributed by atoms with Crippen molar-refractivity contribution in [1.82, 2.24) is 4.31 Å². The molecule has 162 valence electrons. The third-order valence-electron chi connectivity index (χ3n) is 4.22. The fourth-order valence-electron chi connectivity index (χ4n) is 2.80. The maximum Gasteiger partial charge on any atom is 0.236 e. The van der Waals surface area contributed by atoms with E-state index in [9.17, 15) is 18.3 Å². The van der Waals surface area contributed by atoms with Crippen LogP contribution in [-0.2, 0) is 26.1 Å². The average molecular weight is 474 g/mol. The van der Waals surface area contributed by atoms with Gasteiger partial charge in [0.25, 0.3) is 0 Å². The molecular formula is C19H21Cl2N3O5S. The molecule has 3 N–H and O–H groups in total. The first-order valence-corrected chi connectivity index (χ1v) is 11.2. The van der Waals surface area contributed by atoms with E-state index in [0.29, 0.717) is 16.1 Å². The Labute approximate surface area is 184 Å². The number of hydrogen-bond donors (Lipinski definition) is 2. The largest absolute Gasteiger partial charge is 0.508 e. The van der Waals surface area contributed by atoms with Crippen LogP contribution in [0.25, 0.3) is 0 Å². The van der Waals surface area contributed by atoms with Crippen LogP contribution in [-0.4, -0.2) is 55.4 Å². The number of rotatable bonds is 9. The minimum absolute atomic E-state index is 0.00268. The highest BCUT2D eigenvalue weighted by molar-refractivity contribution is 7.88. The van der Waals surface area contributed by atoms with Crippen molar-refractivity contribution in [3.05, 3.63) is 63.6 Å². The molecule has 30 heavy (non-hydrogen) atoms. The zero-order valence-corrected chi connectivity index (χ0v) is 18.6. The second-order valence-electron chi connectivity index (χ2n) is 6.44. The summed E-state index contributed by atoms with van der Waals surface area (Å²) in [5, 5.41) is 14.0. The maximum atomic E-state index is 12.6. The highest BCUT2D eigenvalue weighted by Crippen LogP contribution is 2.23. The van der Waals surface area contributed by atoms with Crippen molar-refractivity contribution in [2.45, 2.75) is 12.5 Å². The lowest BCUT2D eigenvalue weighted by atomic mass is 10.0. The number of hydrogen-bond acceptors (Lipinski definition) is 6. The Balaban J connectivity index is 2.46. The van der Waals surface area contributed by atoms with E-state index >= 15 is 0 Å². The third-order valence-corrected chi connectivity index (χ3v) is 6.00. The van der Waals surface area contributed by atoms with E-state index in [1.54, 1.807) is 24.3 Å². The zero-order chi connectivity index (χ0) is 22.5. The van der Waals surface area contributed by atoms with Gasteiger partial charge >= 0.3 is 0 Å². The highest BCUT2D eigenvalue weighted by Gasteiger charge is 2.33. The van der Waals surface area contributed by atoms with Crippen LogP contribution < -0.4 is 5.73 Å². The summed E-state index contributed by atoms with van der Waals surface area (Å²) in [5.74, 6) is -0.797. The number of sulfonamides is 1. The van der Waals surface area contributed by atoms with Crippen LogP contribution in [0.15, 0.2) is 47.6 Å². The number of carbonyl (C=O) groups is 1. The number of phenols is 1. The first kappa shape index (κ1) is 23.9. The van der Waals surface area contributed by atoms with Crippen molar-refractivity contribution in [3.63, 3.8) is 0 Å². The number of benzene rings is 2. The molecule has 0 radical (unpaired) electrons. The van der Waals surface area contributed by atoms with Crippen molar-refractivity contribution in [2.75, 3.05) is 19.9 Å². The topological polar surface area (TPSA) is 122 Å². The molecule has 0 aromatic heterocycles. The Morgan fingerprint density at radius 3 is 2.37 bits per heavy atom. The minimum atomic E-state index is -3.90. The van der Waals surface area contributed by atoms with E-state index in [4.69, 9.17) is 33.8 Å². The first-order chi connectivity index (χ1) is 14.0.